The Hall–Kier alpha value is -3.96. The molecule has 0 unspecified atom stereocenters. The molecule has 0 saturated heterocycles. The first-order chi connectivity index (χ1) is 18.7. The number of aliphatic imine (C=N–C) groups is 1. The molecule has 0 aliphatic carbocycles. The Morgan fingerprint density at radius 1 is 1.05 bits per heavy atom. The van der Waals surface area contributed by atoms with Crippen LogP contribution in [0.5, 0.6) is 0 Å². The Morgan fingerprint density at radius 2 is 1.85 bits per heavy atom. The average Bonchev–Trinajstić information content (AvgIpc) is 3.42. The van der Waals surface area contributed by atoms with Crippen molar-refractivity contribution in [1.29, 1.82) is 0 Å². The number of amides is 1. The van der Waals surface area contributed by atoms with Crippen LogP contribution < -0.4 is 15.6 Å². The SMILES string of the molecule is Cc1cccc(-n2c(SCC(=O)Nc3cccc(S(=O)(=O)NC4=NCCC4)c3)nc3ccccc3c2=O)c1C. The lowest BCUT2D eigenvalue weighted by molar-refractivity contribution is -0.113. The maximum absolute atomic E-state index is 13.5. The topological polar surface area (TPSA) is 123 Å². The smallest absolute Gasteiger partial charge is 0.266 e. The van der Waals surface area contributed by atoms with Crippen molar-refractivity contribution in [3.63, 3.8) is 0 Å². The zero-order chi connectivity index (χ0) is 27.6. The zero-order valence-electron chi connectivity index (χ0n) is 21.5. The summed E-state index contributed by atoms with van der Waals surface area (Å²) in [6, 6.07) is 18.9. The van der Waals surface area contributed by atoms with Crippen LogP contribution in [0.4, 0.5) is 5.69 Å². The molecule has 1 amide bonds. The Labute approximate surface area is 230 Å². The highest BCUT2D eigenvalue weighted by Crippen LogP contribution is 2.25. The number of thioether (sulfide) groups is 1. The Balaban J connectivity index is 1.38. The van der Waals surface area contributed by atoms with E-state index in [1.807, 2.05) is 38.1 Å². The third kappa shape index (κ3) is 5.74. The molecule has 200 valence electrons. The van der Waals surface area contributed by atoms with Gasteiger partial charge in [0.05, 0.1) is 27.2 Å². The van der Waals surface area contributed by atoms with Gasteiger partial charge >= 0.3 is 0 Å². The van der Waals surface area contributed by atoms with Crippen LogP contribution in [0.2, 0.25) is 0 Å². The van der Waals surface area contributed by atoms with E-state index in [0.29, 0.717) is 46.2 Å². The minimum Gasteiger partial charge on any atom is -0.325 e. The molecule has 0 fully saturated rings. The number of rotatable bonds is 7. The highest BCUT2D eigenvalue weighted by atomic mass is 32.2. The lowest BCUT2D eigenvalue weighted by Crippen LogP contribution is -2.29. The molecule has 1 aromatic heterocycles. The summed E-state index contributed by atoms with van der Waals surface area (Å²) < 4.78 is 29.6. The van der Waals surface area contributed by atoms with Crippen LogP contribution in [0.15, 0.2) is 86.6 Å². The molecule has 0 atom stereocenters. The predicted octanol–water partition coefficient (Wildman–Crippen LogP) is 4.20. The number of hydrogen-bond donors (Lipinski definition) is 2. The van der Waals surface area contributed by atoms with Gasteiger partial charge in [-0.1, -0.05) is 42.1 Å². The summed E-state index contributed by atoms with van der Waals surface area (Å²) in [4.78, 5) is 35.3. The van der Waals surface area contributed by atoms with E-state index in [4.69, 9.17) is 4.98 Å². The Morgan fingerprint density at radius 3 is 2.64 bits per heavy atom. The second-order valence-electron chi connectivity index (χ2n) is 9.17. The van der Waals surface area contributed by atoms with Crippen molar-refractivity contribution in [2.75, 3.05) is 17.6 Å². The molecule has 2 N–H and O–H groups in total. The maximum atomic E-state index is 13.5. The van der Waals surface area contributed by atoms with Crippen LogP contribution in [-0.4, -0.2) is 42.0 Å². The van der Waals surface area contributed by atoms with E-state index in [1.165, 1.54) is 12.1 Å². The molecule has 2 heterocycles. The number of carbonyl (C=O) groups excluding carboxylic acids is 1. The fourth-order valence-electron chi connectivity index (χ4n) is 4.30. The quantitative estimate of drug-likeness (QED) is 0.258. The number of benzene rings is 3. The van der Waals surface area contributed by atoms with Gasteiger partial charge in [-0.05, 0) is 67.8 Å². The van der Waals surface area contributed by atoms with Crippen molar-refractivity contribution < 1.29 is 13.2 Å². The summed E-state index contributed by atoms with van der Waals surface area (Å²) in [5.41, 5.74) is 3.36. The number of aromatic nitrogens is 2. The summed E-state index contributed by atoms with van der Waals surface area (Å²) in [6.45, 7) is 4.53. The normalized spacial score (nSPS) is 13.3. The fraction of sp³-hybridized carbons (Fsp3) is 0.214. The number of carbonyl (C=O) groups is 1. The van der Waals surface area contributed by atoms with Crippen LogP contribution in [0, 0.1) is 13.8 Å². The van der Waals surface area contributed by atoms with Crippen molar-refractivity contribution in [2.24, 2.45) is 4.99 Å². The third-order valence-corrected chi connectivity index (χ3v) is 8.77. The third-order valence-electron chi connectivity index (χ3n) is 6.45. The van der Waals surface area contributed by atoms with Crippen molar-refractivity contribution in [3.8, 4) is 5.69 Å². The van der Waals surface area contributed by atoms with Crippen LogP contribution in [0.3, 0.4) is 0 Å². The minimum absolute atomic E-state index is 0.0301. The summed E-state index contributed by atoms with van der Waals surface area (Å²) in [7, 11) is -3.81. The lowest BCUT2D eigenvalue weighted by atomic mass is 10.1. The molecule has 39 heavy (non-hydrogen) atoms. The van der Waals surface area contributed by atoms with Crippen molar-refractivity contribution in [1.82, 2.24) is 14.3 Å². The monoisotopic (exact) mass is 561 g/mol. The van der Waals surface area contributed by atoms with E-state index in [0.717, 1.165) is 29.3 Å². The van der Waals surface area contributed by atoms with Crippen molar-refractivity contribution in [3.05, 3.63) is 88.2 Å². The fourth-order valence-corrected chi connectivity index (χ4v) is 6.24. The number of para-hydroxylation sites is 1. The highest BCUT2D eigenvalue weighted by Gasteiger charge is 2.20. The molecule has 3 aromatic carbocycles. The number of hydrogen-bond acceptors (Lipinski definition) is 7. The molecule has 0 radical (unpaired) electrons. The van der Waals surface area contributed by atoms with Crippen molar-refractivity contribution >= 4 is 50.1 Å². The zero-order valence-corrected chi connectivity index (χ0v) is 23.1. The minimum atomic E-state index is -3.81. The van der Waals surface area contributed by atoms with Gasteiger partial charge in [0, 0.05) is 18.7 Å². The number of anilines is 1. The van der Waals surface area contributed by atoms with Gasteiger partial charge < -0.3 is 5.32 Å². The number of sulfonamides is 1. The van der Waals surface area contributed by atoms with Gasteiger partial charge in [-0.15, -0.1) is 0 Å². The molecule has 1 aliphatic heterocycles. The van der Waals surface area contributed by atoms with E-state index in [2.05, 4.69) is 15.0 Å². The summed E-state index contributed by atoms with van der Waals surface area (Å²) in [5, 5.41) is 3.63. The predicted molar refractivity (Wildman–Crippen MR) is 154 cm³/mol. The number of nitrogens with zero attached hydrogens (tertiary/aromatic N) is 3. The molecule has 11 heteroatoms. The van der Waals surface area contributed by atoms with Crippen LogP contribution in [0.1, 0.15) is 24.0 Å². The Bertz CT molecular complexity index is 1780. The lowest BCUT2D eigenvalue weighted by Gasteiger charge is -2.16. The second-order valence-corrected chi connectivity index (χ2v) is 11.8. The van der Waals surface area contributed by atoms with Crippen LogP contribution >= 0.6 is 11.8 Å². The number of nitrogens with one attached hydrogen (secondary N) is 2. The standard InChI is InChI=1S/C28H27N5O4S2/c1-18-8-5-13-24(19(18)2)33-27(35)22-11-3-4-12-23(22)31-28(33)38-17-26(34)30-20-9-6-10-21(16-20)39(36,37)32-25-14-7-15-29-25/h3-6,8-13,16H,7,14-15,17H2,1-2H3,(H,29,32)(H,30,34). The first kappa shape index (κ1) is 26.6. The van der Waals surface area contributed by atoms with E-state index >= 15 is 0 Å². The molecule has 9 nitrogen and oxygen atoms in total. The average molecular weight is 562 g/mol. The van der Waals surface area contributed by atoms with Gasteiger partial charge in [0.1, 0.15) is 5.84 Å². The van der Waals surface area contributed by atoms with Gasteiger partial charge in [-0.2, -0.15) is 0 Å². The molecule has 4 aromatic rings. The summed E-state index contributed by atoms with van der Waals surface area (Å²) >= 11 is 1.14. The molecule has 1 aliphatic rings. The molecule has 0 spiro atoms. The van der Waals surface area contributed by atoms with Gasteiger partial charge in [0.15, 0.2) is 5.16 Å². The number of fused-ring (bicyclic) bond motifs is 1. The van der Waals surface area contributed by atoms with Gasteiger partial charge in [0.2, 0.25) is 5.91 Å². The summed E-state index contributed by atoms with van der Waals surface area (Å²) in [6.07, 6.45) is 1.40. The van der Waals surface area contributed by atoms with Crippen LogP contribution in [0.25, 0.3) is 16.6 Å². The maximum Gasteiger partial charge on any atom is 0.266 e. The van der Waals surface area contributed by atoms with Gasteiger partial charge in [-0.3, -0.25) is 23.9 Å². The molecule has 0 saturated carbocycles. The van der Waals surface area contributed by atoms with E-state index in [-0.39, 0.29) is 22.1 Å². The molecular weight excluding hydrogens is 534 g/mol. The van der Waals surface area contributed by atoms with Gasteiger partial charge in [-0.25, -0.2) is 13.4 Å². The first-order valence-corrected chi connectivity index (χ1v) is 14.9. The number of amidine groups is 1. The molecule has 5 rings (SSSR count). The molecule has 0 bridgehead atoms. The molecular formula is C28H27N5O4S2. The highest BCUT2D eigenvalue weighted by molar-refractivity contribution is 7.99. The van der Waals surface area contributed by atoms with Crippen molar-refractivity contribution in [2.45, 2.75) is 36.7 Å². The second kappa shape index (κ2) is 11.0. The van der Waals surface area contributed by atoms with Gasteiger partial charge in [0.25, 0.3) is 15.6 Å². The number of aryl methyl sites for hydroxylation is 1. The Kier molecular flexibility index (Phi) is 7.53. The largest absolute Gasteiger partial charge is 0.325 e. The van der Waals surface area contributed by atoms with E-state index in [1.54, 1.807) is 34.9 Å². The summed E-state index contributed by atoms with van der Waals surface area (Å²) in [5.74, 6) is 0.0398. The van der Waals surface area contributed by atoms with Crippen LogP contribution in [-0.2, 0) is 14.8 Å². The van der Waals surface area contributed by atoms with E-state index in [9.17, 15) is 18.0 Å². The van der Waals surface area contributed by atoms with E-state index < -0.39 is 10.0 Å². The first-order valence-electron chi connectivity index (χ1n) is 12.4.